The van der Waals surface area contributed by atoms with Crippen LogP contribution in [-0.2, 0) is 14.8 Å². The highest BCUT2D eigenvalue weighted by atomic mass is 79.9. The zero-order chi connectivity index (χ0) is 24.0. The number of amides is 1. The van der Waals surface area contributed by atoms with Gasteiger partial charge in [0, 0.05) is 10.5 Å². The summed E-state index contributed by atoms with van der Waals surface area (Å²) in [6, 6.07) is 11.5. The van der Waals surface area contributed by atoms with Crippen molar-refractivity contribution in [2.24, 2.45) is 0 Å². The molecule has 33 heavy (non-hydrogen) atoms. The normalized spacial score (nSPS) is 15.8. The van der Waals surface area contributed by atoms with Crippen molar-refractivity contribution in [2.75, 3.05) is 20.8 Å². The first-order valence-corrected chi connectivity index (χ1v) is 13.3. The lowest BCUT2D eigenvalue weighted by molar-refractivity contribution is -0.122. The minimum Gasteiger partial charge on any atom is -0.493 e. The number of methoxy groups -OCH3 is 2. The number of nitrogens with one attached hydrogen (secondary N) is 1. The predicted molar refractivity (Wildman–Crippen MR) is 131 cm³/mol. The molecule has 0 saturated heterocycles. The molecule has 0 spiro atoms. The molecule has 180 valence electrons. The van der Waals surface area contributed by atoms with Gasteiger partial charge in [-0.05, 0) is 61.7 Å². The first kappa shape index (κ1) is 25.5. The standard InChI is InChI=1S/C24H31BrN2O5S/c1-17(18-9-14-22(31-2)23(15-18)32-3)26-24(28)16-27(20-7-5-4-6-8-20)33(29,30)21-12-10-19(25)11-13-21/h9-15,17,20H,4-8,16H2,1-3H3,(H,26,28). The highest BCUT2D eigenvalue weighted by Crippen LogP contribution is 2.31. The Morgan fingerprint density at radius 1 is 1.06 bits per heavy atom. The topological polar surface area (TPSA) is 84.9 Å². The van der Waals surface area contributed by atoms with Gasteiger partial charge in [0.25, 0.3) is 0 Å². The van der Waals surface area contributed by atoms with Crippen molar-refractivity contribution in [2.45, 2.75) is 56.0 Å². The van der Waals surface area contributed by atoms with E-state index in [2.05, 4.69) is 21.2 Å². The molecule has 7 nitrogen and oxygen atoms in total. The summed E-state index contributed by atoms with van der Waals surface area (Å²) >= 11 is 3.35. The van der Waals surface area contributed by atoms with Crippen LogP contribution in [0.2, 0.25) is 0 Å². The van der Waals surface area contributed by atoms with Crippen molar-refractivity contribution >= 4 is 31.9 Å². The quantitative estimate of drug-likeness (QED) is 0.501. The third-order valence-corrected chi connectivity index (χ3v) is 8.43. The summed E-state index contributed by atoms with van der Waals surface area (Å²) in [5, 5.41) is 2.94. The lowest BCUT2D eigenvalue weighted by Gasteiger charge is -2.33. The number of hydrogen-bond donors (Lipinski definition) is 1. The van der Waals surface area contributed by atoms with Crippen LogP contribution in [0.15, 0.2) is 51.8 Å². The third-order valence-electron chi connectivity index (χ3n) is 5.99. The summed E-state index contributed by atoms with van der Waals surface area (Å²) in [5.74, 6) is 0.824. The van der Waals surface area contributed by atoms with E-state index in [-0.39, 0.29) is 29.4 Å². The van der Waals surface area contributed by atoms with Crippen LogP contribution in [0.3, 0.4) is 0 Å². The smallest absolute Gasteiger partial charge is 0.243 e. The summed E-state index contributed by atoms with van der Waals surface area (Å²) in [6.45, 7) is 1.63. The zero-order valence-corrected chi connectivity index (χ0v) is 21.6. The Hall–Kier alpha value is -2.10. The Bertz CT molecular complexity index is 1050. The summed E-state index contributed by atoms with van der Waals surface area (Å²) in [4.78, 5) is 13.2. The Morgan fingerprint density at radius 3 is 2.30 bits per heavy atom. The van der Waals surface area contributed by atoms with E-state index in [1.54, 1.807) is 50.6 Å². The van der Waals surface area contributed by atoms with Gasteiger partial charge in [-0.2, -0.15) is 4.31 Å². The van der Waals surface area contributed by atoms with Crippen molar-refractivity contribution in [1.29, 1.82) is 0 Å². The highest BCUT2D eigenvalue weighted by Gasteiger charge is 2.34. The molecule has 0 aliphatic heterocycles. The van der Waals surface area contributed by atoms with Crippen molar-refractivity contribution in [3.05, 3.63) is 52.5 Å². The number of ether oxygens (including phenoxy) is 2. The molecule has 1 unspecified atom stereocenters. The average molecular weight is 539 g/mol. The van der Waals surface area contributed by atoms with Gasteiger partial charge >= 0.3 is 0 Å². The van der Waals surface area contributed by atoms with Gasteiger partial charge in [0.15, 0.2) is 11.5 Å². The van der Waals surface area contributed by atoms with Crippen LogP contribution in [0.5, 0.6) is 11.5 Å². The number of benzene rings is 2. The number of hydrogen-bond acceptors (Lipinski definition) is 5. The van der Waals surface area contributed by atoms with Gasteiger partial charge < -0.3 is 14.8 Å². The van der Waals surface area contributed by atoms with Crippen molar-refractivity contribution < 1.29 is 22.7 Å². The second-order valence-corrected chi connectivity index (χ2v) is 11.0. The molecular weight excluding hydrogens is 508 g/mol. The number of halogens is 1. The molecule has 0 bridgehead atoms. The maximum atomic E-state index is 13.5. The first-order chi connectivity index (χ1) is 15.8. The summed E-state index contributed by atoms with van der Waals surface area (Å²) in [7, 11) is -0.698. The molecule has 3 rings (SSSR count). The lowest BCUT2D eigenvalue weighted by atomic mass is 9.95. The second kappa shape index (κ2) is 11.4. The molecular formula is C24H31BrN2O5S. The minimum atomic E-state index is -3.82. The molecule has 1 saturated carbocycles. The molecule has 1 amide bonds. The van der Waals surface area contributed by atoms with Crippen LogP contribution in [0.25, 0.3) is 0 Å². The average Bonchev–Trinajstić information content (AvgIpc) is 2.82. The molecule has 1 atom stereocenters. The molecule has 1 aliphatic rings. The van der Waals surface area contributed by atoms with Crippen molar-refractivity contribution in [3.63, 3.8) is 0 Å². The monoisotopic (exact) mass is 538 g/mol. The summed E-state index contributed by atoms with van der Waals surface area (Å²) in [5.41, 5.74) is 0.834. The number of sulfonamides is 1. The Balaban J connectivity index is 1.79. The maximum Gasteiger partial charge on any atom is 0.243 e. The maximum absolute atomic E-state index is 13.5. The first-order valence-electron chi connectivity index (χ1n) is 11.0. The van der Waals surface area contributed by atoms with Gasteiger partial charge in [-0.25, -0.2) is 8.42 Å². The van der Waals surface area contributed by atoms with E-state index in [0.717, 1.165) is 42.1 Å². The highest BCUT2D eigenvalue weighted by molar-refractivity contribution is 9.10. The predicted octanol–water partition coefficient (Wildman–Crippen LogP) is 4.67. The van der Waals surface area contributed by atoms with E-state index in [1.807, 2.05) is 13.0 Å². The third kappa shape index (κ3) is 6.28. The molecule has 1 N–H and O–H groups in total. The zero-order valence-electron chi connectivity index (χ0n) is 19.2. The van der Waals surface area contributed by atoms with Gasteiger partial charge in [-0.3, -0.25) is 4.79 Å². The van der Waals surface area contributed by atoms with E-state index >= 15 is 0 Å². The van der Waals surface area contributed by atoms with Crippen LogP contribution in [0.1, 0.15) is 50.6 Å². The lowest BCUT2D eigenvalue weighted by Crippen LogP contribution is -2.47. The van der Waals surface area contributed by atoms with Gasteiger partial charge in [0.05, 0.1) is 31.7 Å². The van der Waals surface area contributed by atoms with Gasteiger partial charge in [-0.15, -0.1) is 0 Å². The number of nitrogens with zero attached hydrogens (tertiary/aromatic N) is 1. The number of rotatable bonds is 9. The molecule has 2 aromatic carbocycles. The van der Waals surface area contributed by atoms with Crippen LogP contribution >= 0.6 is 15.9 Å². The fraction of sp³-hybridized carbons (Fsp3) is 0.458. The Labute approximate surface area is 204 Å². The molecule has 0 aromatic heterocycles. The summed E-state index contributed by atoms with van der Waals surface area (Å²) < 4.78 is 39.8. The minimum absolute atomic E-state index is 0.186. The molecule has 0 radical (unpaired) electrons. The van der Waals surface area contributed by atoms with Crippen LogP contribution in [0.4, 0.5) is 0 Å². The molecule has 1 aliphatic carbocycles. The van der Waals surface area contributed by atoms with Crippen LogP contribution < -0.4 is 14.8 Å². The van der Waals surface area contributed by atoms with Gasteiger partial charge in [0.1, 0.15) is 0 Å². The largest absolute Gasteiger partial charge is 0.493 e. The van der Waals surface area contributed by atoms with Gasteiger partial charge in [-0.1, -0.05) is 41.3 Å². The Morgan fingerprint density at radius 2 is 1.70 bits per heavy atom. The van der Waals surface area contributed by atoms with E-state index < -0.39 is 10.0 Å². The fourth-order valence-electron chi connectivity index (χ4n) is 4.16. The van der Waals surface area contributed by atoms with E-state index in [4.69, 9.17) is 9.47 Å². The van der Waals surface area contributed by atoms with E-state index in [0.29, 0.717) is 11.5 Å². The second-order valence-electron chi connectivity index (χ2n) is 8.20. The SMILES string of the molecule is COc1ccc(C(C)NC(=O)CN(C2CCCCC2)S(=O)(=O)c2ccc(Br)cc2)cc1OC. The van der Waals surface area contributed by atoms with Gasteiger partial charge in [0.2, 0.25) is 15.9 Å². The van der Waals surface area contributed by atoms with Crippen LogP contribution in [-0.4, -0.2) is 45.4 Å². The van der Waals surface area contributed by atoms with Crippen molar-refractivity contribution in [1.82, 2.24) is 9.62 Å². The number of carbonyl (C=O) groups excluding carboxylic acids is 1. The molecule has 9 heteroatoms. The van der Waals surface area contributed by atoms with Crippen molar-refractivity contribution in [3.8, 4) is 11.5 Å². The summed E-state index contributed by atoms with van der Waals surface area (Å²) in [6.07, 6.45) is 4.52. The Kier molecular flexibility index (Phi) is 8.78. The molecule has 0 heterocycles. The van der Waals surface area contributed by atoms with E-state index in [1.165, 1.54) is 4.31 Å². The van der Waals surface area contributed by atoms with E-state index in [9.17, 15) is 13.2 Å². The fourth-order valence-corrected chi connectivity index (χ4v) is 6.06. The molecule has 1 fully saturated rings. The van der Waals surface area contributed by atoms with Crippen LogP contribution in [0, 0.1) is 0 Å². The molecule has 2 aromatic rings. The number of carbonyl (C=O) groups is 1.